The van der Waals surface area contributed by atoms with Gasteiger partial charge in [0.1, 0.15) is 0 Å². The van der Waals surface area contributed by atoms with E-state index in [0.29, 0.717) is 19.5 Å². The van der Waals surface area contributed by atoms with Crippen LogP contribution in [0.25, 0.3) is 0 Å². The largest absolute Gasteiger partial charge is 0.354 e. The van der Waals surface area contributed by atoms with E-state index in [-0.39, 0.29) is 11.9 Å². The number of amides is 1. The van der Waals surface area contributed by atoms with Gasteiger partial charge in [0.05, 0.1) is 12.7 Å². The first-order chi connectivity index (χ1) is 9.65. The highest BCUT2D eigenvalue weighted by Crippen LogP contribution is 2.12. The molecule has 0 fully saturated rings. The summed E-state index contributed by atoms with van der Waals surface area (Å²) in [4.78, 5) is 11.8. The number of nitrogens with one attached hydrogen (secondary N) is 1. The molecule has 2 rings (SSSR count). The Morgan fingerprint density at radius 1 is 1.40 bits per heavy atom. The molecule has 1 atom stereocenters. The number of rotatable bonds is 6. The smallest absolute Gasteiger partial charge is 0.221 e. The van der Waals surface area contributed by atoms with Crippen molar-refractivity contribution in [2.75, 3.05) is 6.54 Å². The van der Waals surface area contributed by atoms with Crippen LogP contribution in [0.3, 0.4) is 0 Å². The van der Waals surface area contributed by atoms with E-state index in [9.17, 15) is 4.79 Å². The highest BCUT2D eigenvalue weighted by atomic mass is 16.1. The lowest BCUT2D eigenvalue weighted by Crippen LogP contribution is -2.30. The second-order valence-electron chi connectivity index (χ2n) is 4.85. The molecule has 0 aliphatic carbocycles. The fraction of sp³-hybridized carbons (Fsp3) is 0.333. The topological polar surface area (TPSA) is 72.9 Å². The Hall–Kier alpha value is -2.14. The number of carbonyl (C=O) groups is 1. The minimum absolute atomic E-state index is 0.0368. The zero-order valence-corrected chi connectivity index (χ0v) is 11.6. The van der Waals surface area contributed by atoms with E-state index in [1.54, 1.807) is 6.20 Å². The Kier molecular flexibility index (Phi) is 4.90. The molecule has 106 valence electrons. The van der Waals surface area contributed by atoms with Gasteiger partial charge in [0.2, 0.25) is 5.91 Å². The van der Waals surface area contributed by atoms with Crippen molar-refractivity contribution >= 4 is 5.91 Å². The van der Waals surface area contributed by atoms with Crippen molar-refractivity contribution in [2.45, 2.75) is 25.9 Å². The van der Waals surface area contributed by atoms with E-state index in [4.69, 9.17) is 5.73 Å². The summed E-state index contributed by atoms with van der Waals surface area (Å²) in [5.41, 5.74) is 8.09. The van der Waals surface area contributed by atoms with Crippen molar-refractivity contribution < 1.29 is 4.79 Å². The Labute approximate surface area is 118 Å². The molecule has 2 aromatic rings. The molecule has 0 aliphatic rings. The normalized spacial score (nSPS) is 12.1. The molecule has 1 heterocycles. The SMILES string of the molecule is Cc1cnn(CCNC(=O)CC(N)c2ccccc2)c1. The predicted octanol–water partition coefficient (Wildman–Crippen LogP) is 1.40. The molecule has 5 nitrogen and oxygen atoms in total. The van der Waals surface area contributed by atoms with Crippen LogP contribution in [-0.2, 0) is 11.3 Å². The van der Waals surface area contributed by atoms with Crippen molar-refractivity contribution in [3.8, 4) is 0 Å². The monoisotopic (exact) mass is 272 g/mol. The van der Waals surface area contributed by atoms with E-state index in [1.807, 2.05) is 48.1 Å². The standard InChI is InChI=1S/C15H20N4O/c1-12-10-18-19(11-12)8-7-17-15(20)9-14(16)13-5-3-2-4-6-13/h2-6,10-11,14H,7-9,16H2,1H3,(H,17,20). The Bertz CT molecular complexity index is 550. The molecule has 1 unspecified atom stereocenters. The van der Waals surface area contributed by atoms with Gasteiger partial charge in [0, 0.05) is 25.2 Å². The van der Waals surface area contributed by atoms with Gasteiger partial charge in [0.15, 0.2) is 0 Å². The van der Waals surface area contributed by atoms with Gasteiger partial charge in [-0.25, -0.2) is 0 Å². The first kappa shape index (κ1) is 14.3. The minimum Gasteiger partial charge on any atom is -0.354 e. The fourth-order valence-electron chi connectivity index (χ4n) is 1.99. The van der Waals surface area contributed by atoms with E-state index in [0.717, 1.165) is 11.1 Å². The van der Waals surface area contributed by atoms with Gasteiger partial charge in [-0.3, -0.25) is 9.48 Å². The summed E-state index contributed by atoms with van der Waals surface area (Å²) >= 11 is 0. The van der Waals surface area contributed by atoms with Gasteiger partial charge in [0.25, 0.3) is 0 Å². The highest BCUT2D eigenvalue weighted by Gasteiger charge is 2.10. The lowest BCUT2D eigenvalue weighted by molar-refractivity contribution is -0.121. The van der Waals surface area contributed by atoms with Gasteiger partial charge in [-0.15, -0.1) is 0 Å². The summed E-state index contributed by atoms with van der Waals surface area (Å²) in [6, 6.07) is 9.39. The van der Waals surface area contributed by atoms with Gasteiger partial charge in [-0.05, 0) is 18.1 Å². The first-order valence-electron chi connectivity index (χ1n) is 6.71. The molecular formula is C15H20N4O. The minimum atomic E-state index is -0.261. The summed E-state index contributed by atoms with van der Waals surface area (Å²) in [5.74, 6) is -0.0368. The molecule has 0 bridgehead atoms. The van der Waals surface area contributed by atoms with Crippen LogP contribution >= 0.6 is 0 Å². The molecule has 20 heavy (non-hydrogen) atoms. The second-order valence-corrected chi connectivity index (χ2v) is 4.85. The van der Waals surface area contributed by atoms with Gasteiger partial charge in [-0.1, -0.05) is 30.3 Å². The number of carbonyl (C=O) groups excluding carboxylic acids is 1. The number of aromatic nitrogens is 2. The van der Waals surface area contributed by atoms with Gasteiger partial charge in [-0.2, -0.15) is 5.10 Å². The third-order valence-electron chi connectivity index (χ3n) is 3.06. The molecule has 1 aromatic carbocycles. The van der Waals surface area contributed by atoms with Crippen molar-refractivity contribution in [1.29, 1.82) is 0 Å². The summed E-state index contributed by atoms with van der Waals surface area (Å²) in [6.45, 7) is 3.21. The molecule has 0 saturated carbocycles. The molecule has 1 aromatic heterocycles. The summed E-state index contributed by atoms with van der Waals surface area (Å²) < 4.78 is 1.81. The van der Waals surface area contributed by atoms with Crippen LogP contribution in [0.15, 0.2) is 42.7 Å². The number of benzene rings is 1. The Balaban J connectivity index is 1.73. The lowest BCUT2D eigenvalue weighted by atomic mass is 10.0. The zero-order chi connectivity index (χ0) is 14.4. The molecule has 3 N–H and O–H groups in total. The van der Waals surface area contributed by atoms with Crippen LogP contribution < -0.4 is 11.1 Å². The summed E-state index contributed by atoms with van der Waals surface area (Å²) in [5, 5.41) is 7.02. The first-order valence-corrected chi connectivity index (χ1v) is 6.71. The quantitative estimate of drug-likeness (QED) is 0.834. The van der Waals surface area contributed by atoms with Crippen molar-refractivity contribution in [1.82, 2.24) is 15.1 Å². The van der Waals surface area contributed by atoms with Gasteiger partial charge >= 0.3 is 0 Å². The zero-order valence-electron chi connectivity index (χ0n) is 11.6. The fourth-order valence-corrected chi connectivity index (χ4v) is 1.99. The lowest BCUT2D eigenvalue weighted by Gasteiger charge is -2.12. The van der Waals surface area contributed by atoms with Crippen LogP contribution in [-0.4, -0.2) is 22.2 Å². The highest BCUT2D eigenvalue weighted by molar-refractivity contribution is 5.76. The molecular weight excluding hydrogens is 252 g/mol. The number of nitrogens with two attached hydrogens (primary N) is 1. The molecule has 0 saturated heterocycles. The molecule has 1 amide bonds. The summed E-state index contributed by atoms with van der Waals surface area (Å²) in [6.07, 6.45) is 4.04. The second kappa shape index (κ2) is 6.86. The average molecular weight is 272 g/mol. The van der Waals surface area contributed by atoms with Crippen molar-refractivity contribution in [2.24, 2.45) is 5.73 Å². The summed E-state index contributed by atoms with van der Waals surface area (Å²) in [7, 11) is 0. The van der Waals surface area contributed by atoms with Crippen molar-refractivity contribution in [3.05, 3.63) is 53.9 Å². The van der Waals surface area contributed by atoms with E-state index < -0.39 is 0 Å². The van der Waals surface area contributed by atoms with E-state index in [2.05, 4.69) is 10.4 Å². The Morgan fingerprint density at radius 2 is 2.15 bits per heavy atom. The maximum atomic E-state index is 11.8. The number of aryl methyl sites for hydroxylation is 1. The number of hydrogen-bond donors (Lipinski definition) is 2. The van der Waals surface area contributed by atoms with Crippen LogP contribution in [0.5, 0.6) is 0 Å². The molecule has 0 spiro atoms. The molecule has 5 heteroatoms. The maximum absolute atomic E-state index is 11.8. The average Bonchev–Trinajstić information content (AvgIpc) is 2.85. The maximum Gasteiger partial charge on any atom is 0.221 e. The third kappa shape index (κ3) is 4.20. The number of nitrogens with zero attached hydrogens (tertiary/aromatic N) is 2. The van der Waals surface area contributed by atoms with Crippen LogP contribution in [0.4, 0.5) is 0 Å². The van der Waals surface area contributed by atoms with Crippen LogP contribution in [0, 0.1) is 6.92 Å². The Morgan fingerprint density at radius 3 is 2.80 bits per heavy atom. The van der Waals surface area contributed by atoms with E-state index in [1.165, 1.54) is 0 Å². The third-order valence-corrected chi connectivity index (χ3v) is 3.06. The number of hydrogen-bond acceptors (Lipinski definition) is 3. The molecule has 0 aliphatic heterocycles. The predicted molar refractivity (Wildman–Crippen MR) is 78.0 cm³/mol. The van der Waals surface area contributed by atoms with Crippen LogP contribution in [0.1, 0.15) is 23.6 Å². The van der Waals surface area contributed by atoms with E-state index >= 15 is 0 Å². The molecule has 0 radical (unpaired) electrons. The van der Waals surface area contributed by atoms with Crippen LogP contribution in [0.2, 0.25) is 0 Å². The van der Waals surface area contributed by atoms with Crippen molar-refractivity contribution in [3.63, 3.8) is 0 Å². The van der Waals surface area contributed by atoms with Gasteiger partial charge < -0.3 is 11.1 Å².